The Morgan fingerprint density at radius 3 is 2.58 bits per heavy atom. The standard InChI is InChI=1S/C18H16N4O2/c1-19-18(24)14-9-6-13(7-10-14)8-11-17(23)21-22-12-20-15-4-2-3-5-16(15)22/h2-12H,1H3,(H,19,24)(H,21,23)/b11-8+. The minimum Gasteiger partial charge on any atom is -0.355 e. The molecule has 2 aromatic carbocycles. The van der Waals surface area contributed by atoms with Gasteiger partial charge in [0, 0.05) is 18.7 Å². The third-order valence-corrected chi connectivity index (χ3v) is 3.51. The van der Waals surface area contributed by atoms with Crippen molar-refractivity contribution in [2.45, 2.75) is 0 Å². The minimum atomic E-state index is -0.270. The number of amides is 2. The van der Waals surface area contributed by atoms with Gasteiger partial charge >= 0.3 is 0 Å². The van der Waals surface area contributed by atoms with Gasteiger partial charge in [0.25, 0.3) is 11.8 Å². The molecule has 0 fully saturated rings. The minimum absolute atomic E-state index is 0.143. The average molecular weight is 320 g/mol. The van der Waals surface area contributed by atoms with Gasteiger partial charge in [-0.15, -0.1) is 0 Å². The molecule has 120 valence electrons. The Kier molecular flexibility index (Phi) is 4.38. The van der Waals surface area contributed by atoms with Crippen LogP contribution in [-0.4, -0.2) is 28.5 Å². The van der Waals surface area contributed by atoms with Crippen LogP contribution in [0.1, 0.15) is 15.9 Å². The van der Waals surface area contributed by atoms with E-state index in [0.717, 1.165) is 16.6 Å². The molecule has 2 N–H and O–H groups in total. The molecule has 0 aliphatic rings. The monoisotopic (exact) mass is 320 g/mol. The summed E-state index contributed by atoms with van der Waals surface area (Å²) in [6.07, 6.45) is 4.68. The Hall–Kier alpha value is -3.41. The molecule has 0 bridgehead atoms. The average Bonchev–Trinajstić information content (AvgIpc) is 3.03. The van der Waals surface area contributed by atoms with E-state index in [2.05, 4.69) is 15.7 Å². The zero-order chi connectivity index (χ0) is 16.9. The molecule has 0 aliphatic carbocycles. The van der Waals surface area contributed by atoms with Crippen molar-refractivity contribution < 1.29 is 9.59 Å². The van der Waals surface area contributed by atoms with Crippen LogP contribution < -0.4 is 10.7 Å². The lowest BCUT2D eigenvalue weighted by molar-refractivity contribution is -0.112. The van der Waals surface area contributed by atoms with Gasteiger partial charge < -0.3 is 5.32 Å². The van der Waals surface area contributed by atoms with Crippen molar-refractivity contribution in [3.8, 4) is 0 Å². The van der Waals surface area contributed by atoms with Crippen molar-refractivity contribution in [2.75, 3.05) is 12.5 Å². The van der Waals surface area contributed by atoms with Crippen LogP contribution in [-0.2, 0) is 4.79 Å². The molecule has 0 aliphatic heterocycles. The first-order valence-corrected chi connectivity index (χ1v) is 7.40. The number of carbonyl (C=O) groups excluding carboxylic acids is 2. The highest BCUT2D eigenvalue weighted by Crippen LogP contribution is 2.10. The number of aromatic nitrogens is 2. The highest BCUT2D eigenvalue weighted by molar-refractivity contribution is 5.98. The van der Waals surface area contributed by atoms with Gasteiger partial charge in [-0.2, -0.15) is 0 Å². The number of nitrogens with one attached hydrogen (secondary N) is 2. The molecule has 0 radical (unpaired) electrons. The summed E-state index contributed by atoms with van der Waals surface area (Å²) < 4.78 is 1.58. The Morgan fingerprint density at radius 1 is 1.08 bits per heavy atom. The van der Waals surface area contributed by atoms with Crippen LogP contribution in [0.3, 0.4) is 0 Å². The fraction of sp³-hybridized carbons (Fsp3) is 0.0556. The van der Waals surface area contributed by atoms with Gasteiger partial charge in [0.1, 0.15) is 6.33 Å². The van der Waals surface area contributed by atoms with E-state index in [4.69, 9.17) is 0 Å². The Morgan fingerprint density at radius 2 is 1.83 bits per heavy atom. The Balaban J connectivity index is 1.68. The number of para-hydroxylation sites is 2. The van der Waals surface area contributed by atoms with E-state index in [1.54, 1.807) is 48.4 Å². The second kappa shape index (κ2) is 6.78. The number of hydrogen-bond acceptors (Lipinski definition) is 3. The van der Waals surface area contributed by atoms with Crippen molar-refractivity contribution >= 4 is 28.9 Å². The van der Waals surface area contributed by atoms with Gasteiger partial charge in [0.2, 0.25) is 0 Å². The molecule has 2 amide bonds. The topological polar surface area (TPSA) is 76.0 Å². The summed E-state index contributed by atoms with van der Waals surface area (Å²) in [7, 11) is 1.58. The second-order valence-electron chi connectivity index (χ2n) is 5.11. The fourth-order valence-corrected chi connectivity index (χ4v) is 2.27. The maximum atomic E-state index is 12.0. The molecule has 6 heteroatoms. The van der Waals surface area contributed by atoms with Crippen molar-refractivity contribution in [1.82, 2.24) is 15.0 Å². The largest absolute Gasteiger partial charge is 0.355 e. The summed E-state index contributed by atoms with van der Waals surface area (Å²) in [5, 5.41) is 2.56. The van der Waals surface area contributed by atoms with Gasteiger partial charge in [-0.05, 0) is 35.9 Å². The van der Waals surface area contributed by atoms with E-state index in [-0.39, 0.29) is 11.8 Å². The molecule has 6 nitrogen and oxygen atoms in total. The highest BCUT2D eigenvalue weighted by atomic mass is 16.2. The molecule has 0 atom stereocenters. The maximum absolute atomic E-state index is 12.0. The summed E-state index contributed by atoms with van der Waals surface area (Å²) in [4.78, 5) is 27.7. The lowest BCUT2D eigenvalue weighted by Crippen LogP contribution is -2.19. The SMILES string of the molecule is CNC(=O)c1ccc(/C=C/C(=O)Nn2cnc3ccccc32)cc1. The summed E-state index contributed by atoms with van der Waals surface area (Å²) in [6, 6.07) is 14.5. The number of rotatable bonds is 4. The van der Waals surface area contributed by atoms with Crippen LogP contribution in [0, 0.1) is 0 Å². The van der Waals surface area contributed by atoms with Crippen molar-refractivity contribution in [2.24, 2.45) is 0 Å². The number of fused-ring (bicyclic) bond motifs is 1. The summed E-state index contributed by atoms with van der Waals surface area (Å²) in [5.74, 6) is -0.413. The highest BCUT2D eigenvalue weighted by Gasteiger charge is 2.04. The third kappa shape index (κ3) is 3.33. The fourth-order valence-electron chi connectivity index (χ4n) is 2.27. The van der Waals surface area contributed by atoms with Crippen LogP contribution in [0.4, 0.5) is 0 Å². The van der Waals surface area contributed by atoms with Crippen LogP contribution in [0.25, 0.3) is 17.1 Å². The Labute approximate surface area is 138 Å². The molecule has 24 heavy (non-hydrogen) atoms. The number of nitrogens with zero attached hydrogens (tertiary/aromatic N) is 2. The van der Waals surface area contributed by atoms with Crippen molar-refractivity contribution in [1.29, 1.82) is 0 Å². The number of hydrogen-bond donors (Lipinski definition) is 2. The zero-order valence-electron chi connectivity index (χ0n) is 13.1. The lowest BCUT2D eigenvalue weighted by atomic mass is 10.1. The molecule has 0 saturated heterocycles. The predicted molar refractivity (Wildman–Crippen MR) is 93.0 cm³/mol. The van der Waals surface area contributed by atoms with Crippen LogP contribution >= 0.6 is 0 Å². The summed E-state index contributed by atoms with van der Waals surface area (Å²) in [6.45, 7) is 0. The van der Waals surface area contributed by atoms with Crippen molar-refractivity contribution in [3.63, 3.8) is 0 Å². The molecule has 1 aromatic heterocycles. The molecular weight excluding hydrogens is 304 g/mol. The number of carbonyl (C=O) groups is 2. The predicted octanol–water partition coefficient (Wildman–Crippen LogP) is 2.18. The smallest absolute Gasteiger partial charge is 0.262 e. The number of benzene rings is 2. The van der Waals surface area contributed by atoms with Gasteiger partial charge in [0.05, 0.1) is 11.0 Å². The quantitative estimate of drug-likeness (QED) is 0.724. The van der Waals surface area contributed by atoms with E-state index in [1.165, 1.54) is 6.08 Å². The van der Waals surface area contributed by atoms with Crippen molar-refractivity contribution in [3.05, 3.63) is 72.1 Å². The van der Waals surface area contributed by atoms with Gasteiger partial charge in [0.15, 0.2) is 0 Å². The molecular formula is C18H16N4O2. The van der Waals surface area contributed by atoms with Gasteiger partial charge in [-0.3, -0.25) is 15.0 Å². The molecule has 1 heterocycles. The second-order valence-corrected chi connectivity index (χ2v) is 5.11. The van der Waals surface area contributed by atoms with E-state index < -0.39 is 0 Å². The summed E-state index contributed by atoms with van der Waals surface area (Å²) >= 11 is 0. The first-order valence-electron chi connectivity index (χ1n) is 7.40. The molecule has 0 unspecified atom stereocenters. The van der Waals surface area contributed by atoms with E-state index in [9.17, 15) is 9.59 Å². The maximum Gasteiger partial charge on any atom is 0.262 e. The van der Waals surface area contributed by atoms with Gasteiger partial charge in [-0.25, -0.2) is 9.66 Å². The Bertz CT molecular complexity index is 910. The van der Waals surface area contributed by atoms with E-state index in [1.807, 2.05) is 24.3 Å². The van der Waals surface area contributed by atoms with Gasteiger partial charge in [-0.1, -0.05) is 24.3 Å². The third-order valence-electron chi connectivity index (χ3n) is 3.51. The summed E-state index contributed by atoms with van der Waals surface area (Å²) in [5.41, 5.74) is 5.78. The van der Waals surface area contributed by atoms with Crippen LogP contribution in [0.15, 0.2) is 60.9 Å². The molecule has 0 spiro atoms. The molecule has 3 aromatic rings. The van der Waals surface area contributed by atoms with Crippen LogP contribution in [0.2, 0.25) is 0 Å². The molecule has 3 rings (SSSR count). The lowest BCUT2D eigenvalue weighted by Gasteiger charge is -2.04. The van der Waals surface area contributed by atoms with E-state index >= 15 is 0 Å². The van der Waals surface area contributed by atoms with E-state index in [0.29, 0.717) is 5.56 Å². The molecule has 0 saturated carbocycles. The first-order chi connectivity index (χ1) is 11.7. The zero-order valence-corrected chi connectivity index (χ0v) is 13.1. The normalized spacial score (nSPS) is 10.9. The van der Waals surface area contributed by atoms with Crippen LogP contribution in [0.5, 0.6) is 0 Å². The number of imidazole rings is 1. The first kappa shape index (κ1) is 15.5.